The first-order valence-electron chi connectivity index (χ1n) is 6.68. The van der Waals surface area contributed by atoms with Gasteiger partial charge in [0, 0.05) is 11.6 Å². The SMILES string of the molecule is CCC(C)C1CCNCC1c1ccc(Cl)cc1. The number of nitrogens with one attached hydrogen (secondary N) is 1. The van der Waals surface area contributed by atoms with Gasteiger partial charge >= 0.3 is 0 Å². The number of benzene rings is 1. The highest BCUT2D eigenvalue weighted by atomic mass is 35.5. The lowest BCUT2D eigenvalue weighted by molar-refractivity contribution is 0.233. The minimum absolute atomic E-state index is 0.649. The van der Waals surface area contributed by atoms with E-state index in [2.05, 4.69) is 31.3 Å². The first-order valence-corrected chi connectivity index (χ1v) is 7.06. The Bertz CT molecular complexity index is 346. The third-order valence-electron chi connectivity index (χ3n) is 4.21. The minimum Gasteiger partial charge on any atom is -0.316 e. The summed E-state index contributed by atoms with van der Waals surface area (Å²) in [6, 6.07) is 8.41. The highest BCUT2D eigenvalue weighted by Gasteiger charge is 2.29. The second-order valence-corrected chi connectivity index (χ2v) is 5.64. The molecule has 0 saturated carbocycles. The lowest BCUT2D eigenvalue weighted by Gasteiger charge is -2.36. The Labute approximate surface area is 110 Å². The summed E-state index contributed by atoms with van der Waals surface area (Å²) in [7, 11) is 0. The molecule has 1 saturated heterocycles. The van der Waals surface area contributed by atoms with Crippen molar-refractivity contribution in [1.29, 1.82) is 0 Å². The fourth-order valence-corrected chi connectivity index (χ4v) is 3.06. The topological polar surface area (TPSA) is 12.0 Å². The zero-order valence-electron chi connectivity index (χ0n) is 10.7. The van der Waals surface area contributed by atoms with E-state index in [4.69, 9.17) is 11.6 Å². The monoisotopic (exact) mass is 251 g/mol. The van der Waals surface area contributed by atoms with E-state index in [1.807, 2.05) is 12.1 Å². The molecule has 17 heavy (non-hydrogen) atoms. The van der Waals surface area contributed by atoms with E-state index in [0.717, 1.165) is 23.4 Å². The molecule has 1 aromatic carbocycles. The Hall–Kier alpha value is -0.530. The van der Waals surface area contributed by atoms with Crippen molar-refractivity contribution < 1.29 is 0 Å². The number of piperidine rings is 1. The Balaban J connectivity index is 2.18. The van der Waals surface area contributed by atoms with Gasteiger partial charge in [-0.05, 0) is 48.4 Å². The number of halogens is 1. The van der Waals surface area contributed by atoms with Crippen LogP contribution in [0.2, 0.25) is 5.02 Å². The van der Waals surface area contributed by atoms with E-state index in [-0.39, 0.29) is 0 Å². The maximum absolute atomic E-state index is 5.96. The van der Waals surface area contributed by atoms with E-state index < -0.39 is 0 Å². The van der Waals surface area contributed by atoms with Gasteiger partial charge < -0.3 is 5.32 Å². The van der Waals surface area contributed by atoms with Crippen molar-refractivity contribution in [2.75, 3.05) is 13.1 Å². The molecule has 1 nitrogen and oxygen atoms in total. The van der Waals surface area contributed by atoms with Gasteiger partial charge in [0.2, 0.25) is 0 Å². The van der Waals surface area contributed by atoms with Crippen LogP contribution >= 0.6 is 11.6 Å². The zero-order valence-corrected chi connectivity index (χ0v) is 11.5. The molecule has 0 bridgehead atoms. The molecular weight excluding hydrogens is 230 g/mol. The smallest absolute Gasteiger partial charge is 0.0406 e. The predicted molar refractivity (Wildman–Crippen MR) is 74.6 cm³/mol. The molecular formula is C15H22ClN. The second kappa shape index (κ2) is 5.88. The first-order chi connectivity index (χ1) is 8.22. The number of rotatable bonds is 3. The molecule has 1 aromatic rings. The van der Waals surface area contributed by atoms with Crippen molar-refractivity contribution in [3.05, 3.63) is 34.9 Å². The molecule has 3 atom stereocenters. The normalized spacial score (nSPS) is 26.8. The fraction of sp³-hybridized carbons (Fsp3) is 0.600. The van der Waals surface area contributed by atoms with Crippen molar-refractivity contribution in [2.45, 2.75) is 32.6 Å². The summed E-state index contributed by atoms with van der Waals surface area (Å²) >= 11 is 5.96. The molecule has 0 amide bonds. The molecule has 1 fully saturated rings. The minimum atomic E-state index is 0.649. The molecule has 2 heteroatoms. The van der Waals surface area contributed by atoms with Gasteiger partial charge in [-0.25, -0.2) is 0 Å². The maximum atomic E-state index is 5.96. The van der Waals surface area contributed by atoms with Gasteiger partial charge in [-0.3, -0.25) is 0 Å². The Morgan fingerprint density at radius 2 is 2.06 bits per heavy atom. The van der Waals surface area contributed by atoms with Crippen LogP contribution in [-0.4, -0.2) is 13.1 Å². The van der Waals surface area contributed by atoms with Crippen LogP contribution in [0, 0.1) is 11.8 Å². The standard InChI is InChI=1S/C15H22ClN/c1-3-11(2)14-8-9-17-10-15(14)12-4-6-13(16)7-5-12/h4-7,11,14-15,17H,3,8-10H2,1-2H3. The van der Waals surface area contributed by atoms with Gasteiger partial charge in [-0.1, -0.05) is 44.0 Å². The van der Waals surface area contributed by atoms with Crippen LogP contribution in [0.3, 0.4) is 0 Å². The van der Waals surface area contributed by atoms with Gasteiger partial charge in [-0.15, -0.1) is 0 Å². The molecule has 1 aliphatic heterocycles. The molecule has 0 radical (unpaired) electrons. The van der Waals surface area contributed by atoms with Crippen LogP contribution in [0.4, 0.5) is 0 Å². The van der Waals surface area contributed by atoms with Crippen LogP contribution < -0.4 is 5.32 Å². The van der Waals surface area contributed by atoms with Crippen molar-refractivity contribution in [1.82, 2.24) is 5.32 Å². The molecule has 0 spiro atoms. The Kier molecular flexibility index (Phi) is 4.47. The van der Waals surface area contributed by atoms with Gasteiger partial charge in [-0.2, -0.15) is 0 Å². The van der Waals surface area contributed by atoms with Gasteiger partial charge in [0.05, 0.1) is 0 Å². The van der Waals surface area contributed by atoms with E-state index in [1.54, 1.807) is 0 Å². The molecule has 2 rings (SSSR count). The predicted octanol–water partition coefficient (Wildman–Crippen LogP) is 4.08. The fourth-order valence-electron chi connectivity index (χ4n) is 2.94. The molecule has 1 heterocycles. The molecule has 1 N–H and O–H groups in total. The quantitative estimate of drug-likeness (QED) is 0.854. The summed E-state index contributed by atoms with van der Waals surface area (Å²) in [5.41, 5.74) is 1.44. The van der Waals surface area contributed by atoms with Gasteiger partial charge in [0.25, 0.3) is 0 Å². The lowest BCUT2D eigenvalue weighted by Crippen LogP contribution is -2.37. The second-order valence-electron chi connectivity index (χ2n) is 5.20. The van der Waals surface area contributed by atoms with Crippen LogP contribution in [0.1, 0.15) is 38.2 Å². The Morgan fingerprint density at radius 1 is 1.35 bits per heavy atom. The molecule has 94 valence electrons. The highest BCUT2D eigenvalue weighted by molar-refractivity contribution is 6.30. The summed E-state index contributed by atoms with van der Waals surface area (Å²) in [6.07, 6.45) is 2.57. The van der Waals surface area contributed by atoms with Gasteiger partial charge in [0.1, 0.15) is 0 Å². The summed E-state index contributed by atoms with van der Waals surface area (Å²) in [5.74, 6) is 2.26. The summed E-state index contributed by atoms with van der Waals surface area (Å²) in [5, 5.41) is 4.36. The van der Waals surface area contributed by atoms with Crippen molar-refractivity contribution in [3.63, 3.8) is 0 Å². The maximum Gasteiger partial charge on any atom is 0.0406 e. The van der Waals surface area contributed by atoms with E-state index in [9.17, 15) is 0 Å². The van der Waals surface area contributed by atoms with Crippen LogP contribution in [0.5, 0.6) is 0 Å². The van der Waals surface area contributed by atoms with Crippen molar-refractivity contribution >= 4 is 11.6 Å². The number of hydrogen-bond donors (Lipinski definition) is 1. The average molecular weight is 252 g/mol. The average Bonchev–Trinajstić information content (AvgIpc) is 2.39. The summed E-state index contributed by atoms with van der Waals surface area (Å²) in [6.45, 7) is 6.96. The third kappa shape index (κ3) is 3.02. The Morgan fingerprint density at radius 3 is 2.71 bits per heavy atom. The largest absolute Gasteiger partial charge is 0.316 e. The number of hydrogen-bond acceptors (Lipinski definition) is 1. The third-order valence-corrected chi connectivity index (χ3v) is 4.46. The molecule has 1 aliphatic rings. The van der Waals surface area contributed by atoms with Crippen LogP contribution in [-0.2, 0) is 0 Å². The highest BCUT2D eigenvalue weighted by Crippen LogP contribution is 2.36. The first kappa shape index (κ1) is 12.9. The van der Waals surface area contributed by atoms with Crippen LogP contribution in [0.15, 0.2) is 24.3 Å². The molecule has 3 unspecified atom stereocenters. The van der Waals surface area contributed by atoms with E-state index >= 15 is 0 Å². The zero-order chi connectivity index (χ0) is 12.3. The van der Waals surface area contributed by atoms with Crippen molar-refractivity contribution in [2.24, 2.45) is 11.8 Å². The van der Waals surface area contributed by atoms with E-state index in [1.165, 1.54) is 24.9 Å². The van der Waals surface area contributed by atoms with Gasteiger partial charge in [0.15, 0.2) is 0 Å². The molecule has 0 aliphatic carbocycles. The van der Waals surface area contributed by atoms with Crippen LogP contribution in [0.25, 0.3) is 0 Å². The molecule has 0 aromatic heterocycles. The summed E-state index contributed by atoms with van der Waals surface area (Å²) < 4.78 is 0. The summed E-state index contributed by atoms with van der Waals surface area (Å²) in [4.78, 5) is 0. The lowest BCUT2D eigenvalue weighted by atomic mass is 9.74. The van der Waals surface area contributed by atoms with E-state index in [0.29, 0.717) is 5.92 Å². The van der Waals surface area contributed by atoms with Crippen molar-refractivity contribution in [3.8, 4) is 0 Å².